The number of hydrogen-bond acceptors (Lipinski definition) is 2. The summed E-state index contributed by atoms with van der Waals surface area (Å²) in [6.45, 7) is 0.0954. The molecule has 2 amide bonds. The zero-order valence-corrected chi connectivity index (χ0v) is 12.0. The molecule has 0 bridgehead atoms. The van der Waals surface area contributed by atoms with Crippen LogP contribution in [0.25, 0.3) is 0 Å². The van der Waals surface area contributed by atoms with E-state index < -0.39 is 0 Å². The number of rotatable bonds is 4. The van der Waals surface area contributed by atoms with Crippen molar-refractivity contribution in [3.63, 3.8) is 0 Å². The van der Waals surface area contributed by atoms with Crippen LogP contribution in [0.5, 0.6) is 0 Å². The number of carbonyl (C=O) groups excluding carboxylic acids is 2. The third-order valence-electron chi connectivity index (χ3n) is 2.86. The van der Waals surface area contributed by atoms with Gasteiger partial charge in [0.15, 0.2) is 0 Å². The van der Waals surface area contributed by atoms with E-state index in [1.54, 1.807) is 24.7 Å². The highest BCUT2D eigenvalue weighted by Crippen LogP contribution is 2.18. The monoisotopic (exact) mass is 313 g/mol. The van der Waals surface area contributed by atoms with Crippen LogP contribution >= 0.6 is 15.9 Å². The molecule has 0 aromatic carbocycles. The maximum Gasteiger partial charge on any atom is 0.270 e. The van der Waals surface area contributed by atoms with Crippen LogP contribution in [-0.2, 0) is 11.8 Å². The van der Waals surface area contributed by atoms with Crippen LogP contribution in [0.1, 0.15) is 23.3 Å². The lowest BCUT2D eigenvalue weighted by molar-refractivity contribution is -0.121. The van der Waals surface area contributed by atoms with E-state index in [0.717, 1.165) is 17.3 Å². The number of aromatic nitrogens is 1. The summed E-state index contributed by atoms with van der Waals surface area (Å²) in [5.41, 5.74) is 0.559. The minimum absolute atomic E-state index is 0.0954. The maximum absolute atomic E-state index is 12.1. The summed E-state index contributed by atoms with van der Waals surface area (Å²) in [6, 6.07) is 2.07. The largest absolute Gasteiger partial charge is 0.352 e. The second kappa shape index (κ2) is 5.14. The van der Waals surface area contributed by atoms with Gasteiger partial charge in [0, 0.05) is 30.8 Å². The quantitative estimate of drug-likeness (QED) is 0.906. The Balaban J connectivity index is 1.95. The van der Waals surface area contributed by atoms with Crippen molar-refractivity contribution in [2.24, 2.45) is 7.05 Å². The van der Waals surface area contributed by atoms with E-state index in [-0.39, 0.29) is 18.4 Å². The molecule has 1 fully saturated rings. The molecule has 0 atom stereocenters. The van der Waals surface area contributed by atoms with Gasteiger partial charge in [0.2, 0.25) is 5.91 Å². The summed E-state index contributed by atoms with van der Waals surface area (Å²) < 4.78 is 2.59. The molecule has 1 aliphatic carbocycles. The zero-order chi connectivity index (χ0) is 13.3. The van der Waals surface area contributed by atoms with E-state index >= 15 is 0 Å². The van der Waals surface area contributed by atoms with Gasteiger partial charge in [-0.05, 0) is 34.8 Å². The smallest absolute Gasteiger partial charge is 0.270 e. The van der Waals surface area contributed by atoms with Crippen molar-refractivity contribution in [3.8, 4) is 0 Å². The molecular weight excluding hydrogens is 298 g/mol. The van der Waals surface area contributed by atoms with Gasteiger partial charge in [0.1, 0.15) is 5.69 Å². The number of likely N-dealkylation sites (N-methyl/N-ethyl adjacent to an activating group) is 1. The Bertz CT molecular complexity index is 480. The minimum atomic E-state index is -0.158. The average molecular weight is 314 g/mol. The van der Waals surface area contributed by atoms with Gasteiger partial charge < -0.3 is 14.8 Å². The van der Waals surface area contributed by atoms with Crippen LogP contribution < -0.4 is 5.32 Å². The predicted molar refractivity (Wildman–Crippen MR) is 71.2 cm³/mol. The molecule has 1 aliphatic rings. The Morgan fingerprint density at radius 1 is 1.56 bits per heavy atom. The number of nitrogens with zero attached hydrogens (tertiary/aromatic N) is 2. The molecule has 1 aromatic heterocycles. The number of carbonyl (C=O) groups is 2. The predicted octanol–water partition coefficient (Wildman–Crippen LogP) is 1.14. The second-order valence-electron chi connectivity index (χ2n) is 4.66. The van der Waals surface area contributed by atoms with Crippen LogP contribution in [-0.4, -0.2) is 40.9 Å². The Kier molecular flexibility index (Phi) is 3.75. The van der Waals surface area contributed by atoms with Gasteiger partial charge in [-0.15, -0.1) is 0 Å². The number of aryl methyl sites for hydroxylation is 1. The molecule has 1 N–H and O–H groups in total. The van der Waals surface area contributed by atoms with Crippen LogP contribution in [0.3, 0.4) is 0 Å². The molecule has 2 rings (SSSR count). The molecule has 0 spiro atoms. The number of halogens is 1. The third kappa shape index (κ3) is 3.13. The molecule has 0 aliphatic heterocycles. The highest BCUT2D eigenvalue weighted by Gasteiger charge is 2.25. The van der Waals surface area contributed by atoms with Gasteiger partial charge in [-0.25, -0.2) is 0 Å². The lowest BCUT2D eigenvalue weighted by Gasteiger charge is -2.17. The van der Waals surface area contributed by atoms with Crippen LogP contribution in [0.2, 0.25) is 0 Å². The lowest BCUT2D eigenvalue weighted by Crippen LogP contribution is -2.39. The molecule has 0 unspecified atom stereocenters. The van der Waals surface area contributed by atoms with Crippen molar-refractivity contribution in [3.05, 3.63) is 22.4 Å². The first-order valence-electron chi connectivity index (χ1n) is 5.84. The van der Waals surface area contributed by atoms with Crippen LogP contribution in [0.4, 0.5) is 0 Å². The summed E-state index contributed by atoms with van der Waals surface area (Å²) >= 11 is 3.32. The molecular formula is C12H16BrN3O2. The SMILES string of the molecule is CN(CC(=O)NC1CC1)C(=O)c1cc(Br)cn1C. The van der Waals surface area contributed by atoms with Gasteiger partial charge >= 0.3 is 0 Å². The fourth-order valence-corrected chi connectivity index (χ4v) is 2.24. The molecule has 1 saturated carbocycles. The average Bonchev–Trinajstić information content (AvgIpc) is 3.01. The highest BCUT2D eigenvalue weighted by molar-refractivity contribution is 9.10. The standard InChI is InChI=1S/C12H16BrN3O2/c1-15-6-8(13)5-10(15)12(18)16(2)7-11(17)14-9-3-4-9/h5-6,9H,3-4,7H2,1-2H3,(H,14,17). The third-order valence-corrected chi connectivity index (χ3v) is 3.29. The first kappa shape index (κ1) is 13.1. The van der Waals surface area contributed by atoms with Crippen LogP contribution in [0, 0.1) is 0 Å². The fourth-order valence-electron chi connectivity index (χ4n) is 1.72. The Morgan fingerprint density at radius 3 is 2.72 bits per heavy atom. The Labute approximate surface area is 114 Å². The molecule has 0 saturated heterocycles. The maximum atomic E-state index is 12.1. The molecule has 0 radical (unpaired) electrons. The van der Waals surface area contributed by atoms with Gasteiger partial charge in [0.25, 0.3) is 5.91 Å². The summed E-state index contributed by atoms with van der Waals surface area (Å²) in [4.78, 5) is 25.2. The van der Waals surface area contributed by atoms with Gasteiger partial charge in [0.05, 0.1) is 6.54 Å². The minimum Gasteiger partial charge on any atom is -0.352 e. The van der Waals surface area contributed by atoms with E-state index in [2.05, 4.69) is 21.2 Å². The van der Waals surface area contributed by atoms with E-state index in [0.29, 0.717) is 11.7 Å². The summed E-state index contributed by atoms with van der Waals surface area (Å²) in [5, 5.41) is 2.86. The van der Waals surface area contributed by atoms with Crippen molar-refractivity contribution in [1.29, 1.82) is 0 Å². The van der Waals surface area contributed by atoms with Crippen molar-refractivity contribution in [1.82, 2.24) is 14.8 Å². The lowest BCUT2D eigenvalue weighted by atomic mass is 10.3. The first-order valence-corrected chi connectivity index (χ1v) is 6.63. The van der Waals surface area contributed by atoms with Crippen molar-refractivity contribution in [2.75, 3.05) is 13.6 Å². The van der Waals surface area contributed by atoms with Crippen molar-refractivity contribution >= 4 is 27.7 Å². The normalized spacial score (nSPS) is 14.4. The fraction of sp³-hybridized carbons (Fsp3) is 0.500. The summed E-state index contributed by atoms with van der Waals surface area (Å²) in [7, 11) is 3.44. The molecule has 1 heterocycles. The summed E-state index contributed by atoms with van der Waals surface area (Å²) in [5.74, 6) is -0.254. The molecule has 98 valence electrons. The first-order chi connectivity index (χ1) is 8.47. The second-order valence-corrected chi connectivity index (χ2v) is 5.57. The van der Waals surface area contributed by atoms with Crippen molar-refractivity contribution < 1.29 is 9.59 Å². The summed E-state index contributed by atoms with van der Waals surface area (Å²) in [6.07, 6.45) is 3.91. The van der Waals surface area contributed by atoms with Gasteiger partial charge in [-0.2, -0.15) is 0 Å². The Morgan fingerprint density at radius 2 is 2.22 bits per heavy atom. The number of amides is 2. The number of nitrogens with one attached hydrogen (secondary N) is 1. The number of hydrogen-bond donors (Lipinski definition) is 1. The van der Waals surface area contributed by atoms with E-state index in [1.807, 2.05) is 6.20 Å². The molecule has 5 nitrogen and oxygen atoms in total. The molecule has 6 heteroatoms. The van der Waals surface area contributed by atoms with E-state index in [4.69, 9.17) is 0 Å². The molecule has 18 heavy (non-hydrogen) atoms. The topological polar surface area (TPSA) is 54.3 Å². The van der Waals surface area contributed by atoms with Crippen LogP contribution in [0.15, 0.2) is 16.7 Å². The van der Waals surface area contributed by atoms with Gasteiger partial charge in [-0.1, -0.05) is 0 Å². The molecule has 1 aromatic rings. The Hall–Kier alpha value is -1.30. The van der Waals surface area contributed by atoms with E-state index in [9.17, 15) is 9.59 Å². The van der Waals surface area contributed by atoms with Crippen molar-refractivity contribution in [2.45, 2.75) is 18.9 Å². The highest BCUT2D eigenvalue weighted by atomic mass is 79.9. The zero-order valence-electron chi connectivity index (χ0n) is 10.4. The van der Waals surface area contributed by atoms with E-state index in [1.165, 1.54) is 4.90 Å². The van der Waals surface area contributed by atoms with Gasteiger partial charge in [-0.3, -0.25) is 9.59 Å².